The van der Waals surface area contributed by atoms with Gasteiger partial charge in [-0.15, -0.1) is 11.8 Å². The predicted molar refractivity (Wildman–Crippen MR) is 184 cm³/mol. The molecule has 0 fully saturated rings. The number of methoxy groups -OCH3 is 1. The van der Waals surface area contributed by atoms with E-state index in [1.165, 1.54) is 38.7 Å². The van der Waals surface area contributed by atoms with Crippen molar-refractivity contribution < 1.29 is 9.53 Å². The summed E-state index contributed by atoms with van der Waals surface area (Å²) in [4.78, 5) is 17.8. The first-order valence-electron chi connectivity index (χ1n) is 14.7. The first kappa shape index (κ1) is 29.9. The minimum Gasteiger partial charge on any atom is -0.497 e. The van der Waals surface area contributed by atoms with Crippen molar-refractivity contribution in [2.75, 3.05) is 19.4 Å². The first-order chi connectivity index (χ1) is 21.7. The Labute approximate surface area is 267 Å². The molecular formula is C37H35N3O2S2. The highest BCUT2D eigenvalue weighted by Crippen LogP contribution is 2.29. The number of rotatable bonds is 13. The molecule has 0 atom stereocenters. The van der Waals surface area contributed by atoms with Crippen LogP contribution < -0.4 is 9.46 Å². The number of aromatic nitrogens is 1. The Morgan fingerprint density at radius 3 is 2.09 bits per heavy atom. The van der Waals surface area contributed by atoms with Gasteiger partial charge in [-0.3, -0.25) is 14.4 Å². The molecule has 0 unspecified atom stereocenters. The number of carbonyl (C=O) groups excluding carboxylic acids is 1. The van der Waals surface area contributed by atoms with E-state index >= 15 is 0 Å². The lowest BCUT2D eigenvalue weighted by atomic mass is 10.1. The predicted octanol–water partition coefficient (Wildman–Crippen LogP) is 8.42. The Bertz CT molecular complexity index is 1780. The highest BCUT2D eigenvalue weighted by atomic mass is 32.2. The highest BCUT2D eigenvalue weighted by molar-refractivity contribution is 7.99. The monoisotopic (exact) mass is 617 g/mol. The van der Waals surface area contributed by atoms with Gasteiger partial charge in [0.15, 0.2) is 0 Å². The van der Waals surface area contributed by atoms with Crippen molar-refractivity contribution in [1.82, 2.24) is 14.2 Å². The third-order valence-corrected chi connectivity index (χ3v) is 9.38. The number of nitrogens with one attached hydrogen (secondary N) is 1. The number of nitrogens with zero attached hydrogens (tertiary/aromatic N) is 2. The maximum atomic E-state index is 13.0. The molecule has 1 heterocycles. The zero-order valence-corrected chi connectivity index (χ0v) is 26.3. The summed E-state index contributed by atoms with van der Waals surface area (Å²) in [5.41, 5.74) is 4.60. The molecule has 6 rings (SSSR count). The van der Waals surface area contributed by atoms with Crippen molar-refractivity contribution in [3.05, 3.63) is 139 Å². The van der Waals surface area contributed by atoms with Gasteiger partial charge in [0.2, 0.25) is 5.91 Å². The summed E-state index contributed by atoms with van der Waals surface area (Å²) in [7, 11) is 1.71. The average molecular weight is 618 g/mol. The molecule has 0 radical (unpaired) electrons. The molecular weight excluding hydrogens is 583 g/mol. The van der Waals surface area contributed by atoms with Crippen LogP contribution in [0.2, 0.25) is 0 Å². The van der Waals surface area contributed by atoms with E-state index in [1.54, 1.807) is 7.11 Å². The maximum Gasteiger partial charge on any atom is 0.250 e. The van der Waals surface area contributed by atoms with Crippen molar-refractivity contribution in [2.45, 2.75) is 29.4 Å². The quantitative estimate of drug-likeness (QED) is 0.104. The molecule has 7 heteroatoms. The van der Waals surface area contributed by atoms with Crippen LogP contribution in [0, 0.1) is 0 Å². The first-order valence-corrected chi connectivity index (χ1v) is 16.5. The number of hydrogen-bond donors (Lipinski definition) is 1. The van der Waals surface area contributed by atoms with Crippen molar-refractivity contribution >= 4 is 51.4 Å². The van der Waals surface area contributed by atoms with E-state index in [4.69, 9.17) is 4.74 Å². The number of carbonyl (C=O) groups is 1. The molecule has 0 aliphatic carbocycles. The number of ether oxygens (including phenoxy) is 1. The molecule has 1 amide bonds. The van der Waals surface area contributed by atoms with Crippen LogP contribution >= 0.6 is 23.7 Å². The number of amides is 1. The molecule has 1 N–H and O–H groups in total. The molecule has 1 aromatic heterocycles. The van der Waals surface area contributed by atoms with Gasteiger partial charge < -0.3 is 9.30 Å². The van der Waals surface area contributed by atoms with E-state index in [0.717, 1.165) is 47.1 Å². The second-order valence-electron chi connectivity index (χ2n) is 10.6. The third-order valence-electron chi connectivity index (χ3n) is 7.55. The Morgan fingerprint density at radius 1 is 0.727 bits per heavy atom. The van der Waals surface area contributed by atoms with Crippen LogP contribution in [0.25, 0.3) is 21.8 Å². The van der Waals surface area contributed by atoms with E-state index in [2.05, 4.69) is 105 Å². The van der Waals surface area contributed by atoms with E-state index in [0.29, 0.717) is 0 Å². The summed E-state index contributed by atoms with van der Waals surface area (Å²) in [6.07, 6.45) is 0. The number of fused-ring (bicyclic) bond motifs is 3. The number of para-hydroxylation sites is 2. The van der Waals surface area contributed by atoms with Gasteiger partial charge in [0.05, 0.1) is 7.11 Å². The van der Waals surface area contributed by atoms with Gasteiger partial charge in [-0.2, -0.15) is 0 Å². The molecule has 222 valence electrons. The van der Waals surface area contributed by atoms with E-state index in [1.807, 2.05) is 48.2 Å². The van der Waals surface area contributed by atoms with Gasteiger partial charge in [0, 0.05) is 57.0 Å². The van der Waals surface area contributed by atoms with Crippen molar-refractivity contribution in [1.29, 1.82) is 0 Å². The Balaban J connectivity index is 1.08. The van der Waals surface area contributed by atoms with Crippen LogP contribution in [0.15, 0.2) is 137 Å². The summed E-state index contributed by atoms with van der Waals surface area (Å²) < 4.78 is 10.6. The van der Waals surface area contributed by atoms with E-state index in [-0.39, 0.29) is 12.5 Å². The molecule has 0 saturated heterocycles. The minimum atomic E-state index is -0.0361. The zero-order valence-electron chi connectivity index (χ0n) is 24.7. The van der Waals surface area contributed by atoms with Gasteiger partial charge in [-0.25, -0.2) is 0 Å². The molecule has 6 aromatic rings. The lowest BCUT2D eigenvalue weighted by molar-refractivity contribution is -0.119. The van der Waals surface area contributed by atoms with Crippen molar-refractivity contribution in [3.63, 3.8) is 0 Å². The Morgan fingerprint density at radius 2 is 1.39 bits per heavy atom. The SMILES string of the molecule is COc1cccc(CN(CCSc2ccccc2)Cc2ccc(SNC(=O)Cn3c4ccccc4c4ccccc43)cc2)c1. The van der Waals surface area contributed by atoms with Crippen LogP contribution in [-0.2, 0) is 24.4 Å². The Hall–Kier alpha value is -4.17. The van der Waals surface area contributed by atoms with Crippen molar-refractivity contribution in [3.8, 4) is 5.75 Å². The van der Waals surface area contributed by atoms with Crippen LogP contribution in [0.4, 0.5) is 0 Å². The van der Waals surface area contributed by atoms with Crippen LogP contribution in [0.5, 0.6) is 5.75 Å². The maximum absolute atomic E-state index is 13.0. The van der Waals surface area contributed by atoms with Crippen LogP contribution in [0.1, 0.15) is 11.1 Å². The van der Waals surface area contributed by atoms with Crippen LogP contribution in [-0.4, -0.2) is 34.8 Å². The third kappa shape index (κ3) is 7.48. The largest absolute Gasteiger partial charge is 0.497 e. The summed E-state index contributed by atoms with van der Waals surface area (Å²) in [5.74, 6) is 1.84. The smallest absolute Gasteiger partial charge is 0.250 e. The zero-order chi connectivity index (χ0) is 30.1. The summed E-state index contributed by atoms with van der Waals surface area (Å²) >= 11 is 3.24. The molecule has 5 nitrogen and oxygen atoms in total. The number of thioether (sulfide) groups is 1. The second kappa shape index (κ2) is 14.5. The molecule has 5 aromatic carbocycles. The lowest BCUT2D eigenvalue weighted by Gasteiger charge is -2.23. The Kier molecular flexibility index (Phi) is 9.87. The van der Waals surface area contributed by atoms with Gasteiger partial charge >= 0.3 is 0 Å². The fraction of sp³-hybridized carbons (Fsp3) is 0.162. The minimum absolute atomic E-state index is 0.0361. The molecule has 0 spiro atoms. The second-order valence-corrected chi connectivity index (χ2v) is 12.7. The van der Waals surface area contributed by atoms with E-state index in [9.17, 15) is 4.79 Å². The summed E-state index contributed by atoms with van der Waals surface area (Å²) in [5, 5.41) is 2.33. The summed E-state index contributed by atoms with van der Waals surface area (Å²) in [6, 6.07) is 43.8. The number of benzene rings is 5. The standard InChI is InChI=1S/C37H35N3O2S2/c1-42-30-11-9-10-29(24-30)26-39(22-23-43-31-12-3-2-4-13-31)25-28-18-20-32(21-19-28)44-38-37(41)27-40-35-16-7-5-14-33(35)34-15-6-8-17-36(34)40/h2-21,24H,22-23,25-27H2,1H3,(H,38,41). The molecule has 0 bridgehead atoms. The molecule has 44 heavy (non-hydrogen) atoms. The van der Waals surface area contributed by atoms with Crippen molar-refractivity contribution in [2.24, 2.45) is 0 Å². The van der Waals surface area contributed by atoms with Gasteiger partial charge in [0.1, 0.15) is 12.3 Å². The highest BCUT2D eigenvalue weighted by Gasteiger charge is 2.13. The summed E-state index contributed by atoms with van der Waals surface area (Å²) in [6.45, 7) is 2.88. The van der Waals surface area contributed by atoms with Gasteiger partial charge in [0.25, 0.3) is 0 Å². The van der Waals surface area contributed by atoms with Crippen LogP contribution in [0.3, 0.4) is 0 Å². The average Bonchev–Trinajstić information content (AvgIpc) is 3.38. The van der Waals surface area contributed by atoms with E-state index < -0.39 is 0 Å². The molecule has 0 aliphatic rings. The van der Waals surface area contributed by atoms with Gasteiger partial charge in [-0.1, -0.05) is 78.9 Å². The van der Waals surface area contributed by atoms with Gasteiger partial charge in [-0.05, 0) is 71.6 Å². The molecule has 0 saturated carbocycles. The number of hydrogen-bond acceptors (Lipinski definition) is 5. The molecule has 0 aliphatic heterocycles. The lowest BCUT2D eigenvalue weighted by Crippen LogP contribution is -2.25. The fourth-order valence-corrected chi connectivity index (χ4v) is 6.94. The topological polar surface area (TPSA) is 46.5 Å². The fourth-order valence-electron chi connectivity index (χ4n) is 5.44. The normalized spacial score (nSPS) is 11.3.